The predicted molar refractivity (Wildman–Crippen MR) is 123 cm³/mol. The number of rotatable bonds is 7. The van der Waals surface area contributed by atoms with Crippen LogP contribution in [0.4, 0.5) is 11.5 Å². The lowest BCUT2D eigenvalue weighted by Crippen LogP contribution is -2.54. The van der Waals surface area contributed by atoms with Gasteiger partial charge in [-0.15, -0.1) is 0 Å². The van der Waals surface area contributed by atoms with E-state index in [2.05, 4.69) is 15.6 Å². The topological polar surface area (TPSA) is 81.7 Å². The van der Waals surface area contributed by atoms with Crippen LogP contribution in [0.25, 0.3) is 0 Å². The molecule has 0 aliphatic heterocycles. The number of nitrogens with one attached hydrogen (secondary N) is 2. The van der Waals surface area contributed by atoms with Crippen LogP contribution in [-0.2, 0) is 0 Å². The van der Waals surface area contributed by atoms with Gasteiger partial charge in [0.15, 0.2) is 11.5 Å². The average molecular weight is 438 g/mol. The minimum absolute atomic E-state index is 0.211. The van der Waals surface area contributed by atoms with E-state index in [9.17, 15) is 4.79 Å². The highest BCUT2D eigenvalue weighted by atomic mass is 16.5. The van der Waals surface area contributed by atoms with E-state index in [0.29, 0.717) is 28.5 Å². The zero-order valence-electron chi connectivity index (χ0n) is 18.9. The normalized spacial score (nSPS) is 27.7. The Morgan fingerprint density at radius 1 is 0.938 bits per heavy atom. The first-order valence-electron chi connectivity index (χ1n) is 11.4. The number of amides is 1. The van der Waals surface area contributed by atoms with Gasteiger partial charge in [-0.1, -0.05) is 0 Å². The molecule has 6 rings (SSSR count). The second-order valence-corrected chi connectivity index (χ2v) is 9.62. The summed E-state index contributed by atoms with van der Waals surface area (Å²) in [4.78, 5) is 17.4. The smallest absolute Gasteiger partial charge is 0.255 e. The van der Waals surface area contributed by atoms with E-state index in [-0.39, 0.29) is 11.4 Å². The molecule has 1 aromatic heterocycles. The van der Waals surface area contributed by atoms with Crippen LogP contribution in [0.3, 0.4) is 0 Å². The Labute approximate surface area is 188 Å². The molecule has 32 heavy (non-hydrogen) atoms. The zero-order valence-corrected chi connectivity index (χ0v) is 18.9. The monoisotopic (exact) mass is 437 g/mol. The Bertz CT molecular complexity index is 944. The average Bonchev–Trinajstić information content (AvgIpc) is 2.78. The van der Waals surface area contributed by atoms with E-state index in [1.807, 2.05) is 12.1 Å². The van der Waals surface area contributed by atoms with Gasteiger partial charge in [-0.05, 0) is 80.5 Å². The van der Waals surface area contributed by atoms with Gasteiger partial charge in [-0.3, -0.25) is 4.79 Å². The van der Waals surface area contributed by atoms with Crippen molar-refractivity contribution in [1.29, 1.82) is 0 Å². The molecule has 4 aliphatic carbocycles. The van der Waals surface area contributed by atoms with Gasteiger partial charge in [-0.25, -0.2) is 4.98 Å². The zero-order chi connectivity index (χ0) is 22.3. The summed E-state index contributed by atoms with van der Waals surface area (Å²) in [6.07, 6.45) is 9.75. The maximum absolute atomic E-state index is 12.8. The number of nitrogens with zero attached hydrogens (tertiary/aromatic N) is 1. The molecule has 0 saturated heterocycles. The fourth-order valence-corrected chi connectivity index (χ4v) is 6.49. The number of aromatic nitrogens is 1. The van der Waals surface area contributed by atoms with Crippen LogP contribution in [0, 0.1) is 17.8 Å². The van der Waals surface area contributed by atoms with Crippen molar-refractivity contribution in [3.05, 3.63) is 36.0 Å². The summed E-state index contributed by atoms with van der Waals surface area (Å²) in [7, 11) is 4.58. The molecule has 4 aliphatic rings. The Hall–Kier alpha value is -2.96. The molecule has 0 unspecified atom stereocenters. The molecule has 170 valence electrons. The van der Waals surface area contributed by atoms with Crippen LogP contribution in [0.5, 0.6) is 17.2 Å². The van der Waals surface area contributed by atoms with Crippen LogP contribution in [-0.4, -0.2) is 37.8 Å². The fourth-order valence-electron chi connectivity index (χ4n) is 6.49. The summed E-state index contributed by atoms with van der Waals surface area (Å²) in [6, 6.07) is 7.12. The first kappa shape index (κ1) is 20.9. The third-order valence-corrected chi connectivity index (χ3v) is 7.38. The number of anilines is 2. The third-order valence-electron chi connectivity index (χ3n) is 7.38. The van der Waals surface area contributed by atoms with Gasteiger partial charge in [-0.2, -0.15) is 0 Å². The van der Waals surface area contributed by atoms with Gasteiger partial charge in [0.1, 0.15) is 5.82 Å². The van der Waals surface area contributed by atoms with Gasteiger partial charge < -0.3 is 24.8 Å². The molecule has 2 aromatic rings. The lowest BCUT2D eigenvalue weighted by atomic mass is 9.53. The molecule has 0 radical (unpaired) electrons. The molecular formula is C25H31N3O4. The Morgan fingerprint density at radius 2 is 1.53 bits per heavy atom. The van der Waals surface area contributed by atoms with E-state index in [4.69, 9.17) is 14.2 Å². The minimum Gasteiger partial charge on any atom is -0.493 e. The van der Waals surface area contributed by atoms with Crippen molar-refractivity contribution in [2.45, 2.75) is 44.1 Å². The molecule has 2 N–H and O–H groups in total. The Morgan fingerprint density at radius 3 is 2.00 bits per heavy atom. The number of carbonyl (C=O) groups is 1. The molecule has 7 heteroatoms. The largest absolute Gasteiger partial charge is 0.493 e. The molecular weight excluding hydrogens is 406 g/mol. The lowest BCUT2D eigenvalue weighted by Gasteiger charge is -2.57. The summed E-state index contributed by atoms with van der Waals surface area (Å²) in [6.45, 7) is 0. The van der Waals surface area contributed by atoms with Crippen molar-refractivity contribution in [2.75, 3.05) is 32.0 Å². The first-order valence-corrected chi connectivity index (χ1v) is 11.4. The number of methoxy groups -OCH3 is 3. The van der Waals surface area contributed by atoms with E-state index in [1.54, 1.807) is 18.3 Å². The van der Waals surface area contributed by atoms with Gasteiger partial charge in [0.05, 0.1) is 33.2 Å². The minimum atomic E-state index is -0.271. The van der Waals surface area contributed by atoms with Gasteiger partial charge in [0, 0.05) is 11.1 Å². The summed E-state index contributed by atoms with van der Waals surface area (Å²) in [5, 5.41) is 6.67. The van der Waals surface area contributed by atoms with Crippen LogP contribution in [0.15, 0.2) is 30.5 Å². The molecule has 0 spiro atoms. The quantitative estimate of drug-likeness (QED) is 0.651. The van der Waals surface area contributed by atoms with Crippen molar-refractivity contribution in [3.63, 3.8) is 0 Å². The standard InChI is InChI=1S/C25H31N3O4/c1-30-20-9-18(10-21(31-2)23(20)32-3)24(29)27-19-4-5-22(26-14-19)28-25-11-15-6-16(12-25)8-17(7-15)13-25/h4-5,9-10,14-17H,6-8,11-13H2,1-3H3,(H,26,28)(H,27,29). The maximum atomic E-state index is 12.8. The van der Waals surface area contributed by atoms with Crippen LogP contribution < -0.4 is 24.8 Å². The van der Waals surface area contributed by atoms with Crippen molar-refractivity contribution in [2.24, 2.45) is 17.8 Å². The van der Waals surface area contributed by atoms with E-state index in [0.717, 1.165) is 23.6 Å². The number of hydrogen-bond acceptors (Lipinski definition) is 6. The second kappa shape index (κ2) is 8.19. The second-order valence-electron chi connectivity index (χ2n) is 9.62. The molecule has 4 fully saturated rings. The van der Waals surface area contributed by atoms with Crippen LogP contribution >= 0.6 is 0 Å². The predicted octanol–water partition coefficient (Wildman–Crippen LogP) is 4.74. The molecule has 7 nitrogen and oxygen atoms in total. The first-order chi connectivity index (χ1) is 15.5. The summed E-state index contributed by atoms with van der Waals surface area (Å²) in [5.74, 6) is 4.58. The number of benzene rings is 1. The van der Waals surface area contributed by atoms with Crippen molar-refractivity contribution in [3.8, 4) is 17.2 Å². The summed E-state index contributed by atoms with van der Waals surface area (Å²) in [5.41, 5.74) is 1.26. The number of hydrogen-bond donors (Lipinski definition) is 2. The SMILES string of the molecule is COc1cc(C(=O)Nc2ccc(NC34CC5CC(CC(C5)C3)C4)nc2)cc(OC)c1OC. The number of ether oxygens (including phenoxy) is 3. The molecule has 1 heterocycles. The van der Waals surface area contributed by atoms with Crippen LogP contribution in [0.1, 0.15) is 48.9 Å². The molecule has 1 amide bonds. The van der Waals surface area contributed by atoms with Crippen molar-refractivity contribution < 1.29 is 19.0 Å². The molecule has 0 atom stereocenters. The van der Waals surface area contributed by atoms with Crippen LogP contribution in [0.2, 0.25) is 0 Å². The van der Waals surface area contributed by atoms with Crippen molar-refractivity contribution in [1.82, 2.24) is 4.98 Å². The Balaban J connectivity index is 1.28. The molecule has 4 saturated carbocycles. The Kier molecular flexibility index (Phi) is 5.35. The van der Waals surface area contributed by atoms with Gasteiger partial charge in [0.25, 0.3) is 5.91 Å². The van der Waals surface area contributed by atoms with Gasteiger partial charge >= 0.3 is 0 Å². The van der Waals surface area contributed by atoms with Gasteiger partial charge in [0.2, 0.25) is 5.75 Å². The highest BCUT2D eigenvalue weighted by Crippen LogP contribution is 2.56. The molecule has 4 bridgehead atoms. The summed E-state index contributed by atoms with van der Waals surface area (Å²) >= 11 is 0. The van der Waals surface area contributed by atoms with E-state index < -0.39 is 0 Å². The number of pyridine rings is 1. The number of carbonyl (C=O) groups excluding carboxylic acids is 1. The van der Waals surface area contributed by atoms with Crippen molar-refractivity contribution >= 4 is 17.4 Å². The third kappa shape index (κ3) is 3.85. The van der Waals surface area contributed by atoms with E-state index in [1.165, 1.54) is 59.9 Å². The van der Waals surface area contributed by atoms with E-state index >= 15 is 0 Å². The maximum Gasteiger partial charge on any atom is 0.255 e. The highest BCUT2D eigenvalue weighted by Gasteiger charge is 2.51. The highest BCUT2D eigenvalue weighted by molar-refractivity contribution is 6.05. The fraction of sp³-hybridized carbons (Fsp3) is 0.520. The lowest BCUT2D eigenvalue weighted by molar-refractivity contribution is 0.0105. The molecule has 1 aromatic carbocycles. The summed E-state index contributed by atoms with van der Waals surface area (Å²) < 4.78 is 16.0.